The number of carbonyl (C=O) groups excluding carboxylic acids is 2. The summed E-state index contributed by atoms with van der Waals surface area (Å²) in [6.07, 6.45) is 2.51. The highest BCUT2D eigenvalue weighted by Gasteiger charge is 2.33. The van der Waals surface area contributed by atoms with Gasteiger partial charge >= 0.3 is 5.97 Å². The third kappa shape index (κ3) is 6.82. The number of rotatable bonds is 9. The number of hydrogen-bond donors (Lipinski definition) is 1. The topological polar surface area (TPSA) is 128 Å². The van der Waals surface area contributed by atoms with Crippen LogP contribution in [0.25, 0.3) is 6.08 Å². The molecule has 0 fully saturated rings. The van der Waals surface area contributed by atoms with Crippen LogP contribution >= 0.6 is 27.7 Å². The van der Waals surface area contributed by atoms with Gasteiger partial charge in [-0.2, -0.15) is 0 Å². The van der Waals surface area contributed by atoms with E-state index in [2.05, 4.69) is 20.9 Å². The van der Waals surface area contributed by atoms with Crippen molar-refractivity contribution in [2.24, 2.45) is 4.99 Å². The monoisotopic (exact) mass is 574 g/mol. The number of nitrogens with zero attached hydrogens (tertiary/aromatic N) is 2. The molecule has 0 atom stereocenters. The molecule has 1 N–H and O–H groups in total. The number of hydrogen-bond acceptors (Lipinski definition) is 8. The molecule has 0 bridgehead atoms. The first kappa shape index (κ1) is 27.2. The molecule has 0 spiro atoms. The molecule has 9 nitrogen and oxygen atoms in total. The van der Waals surface area contributed by atoms with E-state index in [0.717, 1.165) is 17.3 Å². The summed E-state index contributed by atoms with van der Waals surface area (Å²) >= 11 is 4.49. The smallest absolute Gasteiger partial charge is 0.344 e. The number of halogens is 1. The van der Waals surface area contributed by atoms with Crippen LogP contribution in [0.15, 0.2) is 68.2 Å². The van der Waals surface area contributed by atoms with Crippen LogP contribution in [0.2, 0.25) is 0 Å². The predicted molar refractivity (Wildman–Crippen MR) is 141 cm³/mol. The Kier molecular flexibility index (Phi) is 9.43. The fourth-order valence-electron chi connectivity index (χ4n) is 3.13. The van der Waals surface area contributed by atoms with Gasteiger partial charge < -0.3 is 14.6 Å². The molecule has 0 aliphatic carbocycles. The van der Waals surface area contributed by atoms with Gasteiger partial charge in [-0.1, -0.05) is 24.8 Å². The number of aliphatic hydroxyl groups excluding tert-OH is 1. The SMILES string of the molecule is CCCC(=O)N=C1S/C(=C\c2ccc(OCc3ccc([N+](=O)[O-])cc3)c(Br)c2)C(O)=C1C(=O)OCC. The van der Waals surface area contributed by atoms with Crippen molar-refractivity contribution in [2.45, 2.75) is 33.3 Å². The molecule has 1 heterocycles. The number of ether oxygens (including phenoxy) is 2. The van der Waals surface area contributed by atoms with E-state index in [4.69, 9.17) is 9.47 Å². The van der Waals surface area contributed by atoms with E-state index in [1.807, 2.05) is 6.92 Å². The number of thioether (sulfide) groups is 1. The standard InChI is InChI=1S/C25H23BrN2O7S/c1-3-5-21(29)27-24-22(25(31)34-4-2)23(30)20(36-24)13-16-8-11-19(18(26)12-16)35-14-15-6-9-17(10-7-15)28(32)33/h6-13,30H,3-5,14H2,1-2H3/b20-13-,27-24?. The Morgan fingerprint density at radius 1 is 1.19 bits per heavy atom. The molecule has 1 aliphatic rings. The second-order valence-electron chi connectivity index (χ2n) is 7.52. The highest BCUT2D eigenvalue weighted by Crippen LogP contribution is 2.40. The van der Waals surface area contributed by atoms with E-state index in [0.29, 0.717) is 27.1 Å². The highest BCUT2D eigenvalue weighted by molar-refractivity contribution is 9.10. The summed E-state index contributed by atoms with van der Waals surface area (Å²) in [7, 11) is 0. The fraction of sp³-hybridized carbons (Fsp3) is 0.240. The lowest BCUT2D eigenvalue weighted by Gasteiger charge is -2.09. The third-order valence-electron chi connectivity index (χ3n) is 4.86. The van der Waals surface area contributed by atoms with Crippen LogP contribution < -0.4 is 4.74 Å². The molecule has 2 aromatic carbocycles. The van der Waals surface area contributed by atoms with Crippen molar-refractivity contribution in [3.8, 4) is 5.75 Å². The molecule has 11 heteroatoms. The predicted octanol–water partition coefficient (Wildman–Crippen LogP) is 6.12. The molecule has 0 unspecified atom stereocenters. The van der Waals surface area contributed by atoms with Gasteiger partial charge in [-0.25, -0.2) is 9.79 Å². The molecular formula is C25H23BrN2O7S. The number of benzene rings is 2. The Labute approximate surface area is 220 Å². The maximum Gasteiger partial charge on any atom is 0.344 e. The lowest BCUT2D eigenvalue weighted by atomic mass is 10.1. The Morgan fingerprint density at radius 2 is 1.92 bits per heavy atom. The number of non-ortho nitro benzene ring substituents is 1. The van der Waals surface area contributed by atoms with Crippen LogP contribution in [0.4, 0.5) is 5.69 Å². The van der Waals surface area contributed by atoms with E-state index >= 15 is 0 Å². The van der Waals surface area contributed by atoms with Gasteiger partial charge in [-0.05, 0) is 70.7 Å². The number of carbonyl (C=O) groups is 2. The van der Waals surface area contributed by atoms with Crippen molar-refractivity contribution in [1.82, 2.24) is 0 Å². The third-order valence-corrected chi connectivity index (χ3v) is 6.50. The van der Waals surface area contributed by atoms with E-state index in [1.54, 1.807) is 43.3 Å². The molecule has 0 aromatic heterocycles. The fourth-order valence-corrected chi connectivity index (χ4v) is 4.67. The van der Waals surface area contributed by atoms with E-state index in [9.17, 15) is 24.8 Å². The van der Waals surface area contributed by atoms with Crippen molar-refractivity contribution in [2.75, 3.05) is 6.61 Å². The first-order valence-electron chi connectivity index (χ1n) is 11.0. The van der Waals surface area contributed by atoms with Crippen molar-refractivity contribution in [1.29, 1.82) is 0 Å². The molecule has 3 rings (SSSR count). The molecule has 1 aliphatic heterocycles. The van der Waals surface area contributed by atoms with Crippen LogP contribution in [0.1, 0.15) is 37.8 Å². The summed E-state index contributed by atoms with van der Waals surface area (Å²) < 4.78 is 11.5. The van der Waals surface area contributed by atoms with Crippen LogP contribution in [-0.2, 0) is 20.9 Å². The minimum Gasteiger partial charge on any atom is -0.506 e. The molecule has 188 valence electrons. The zero-order valence-electron chi connectivity index (χ0n) is 19.5. The van der Waals surface area contributed by atoms with E-state index < -0.39 is 10.9 Å². The number of esters is 1. The summed E-state index contributed by atoms with van der Waals surface area (Å²) in [5.41, 5.74) is 1.35. The molecule has 1 amide bonds. The van der Waals surface area contributed by atoms with Gasteiger partial charge in [0, 0.05) is 18.6 Å². The van der Waals surface area contributed by atoms with Crippen LogP contribution in [0.3, 0.4) is 0 Å². The molecular weight excluding hydrogens is 552 g/mol. The molecule has 0 saturated carbocycles. The van der Waals surface area contributed by atoms with Crippen LogP contribution in [0, 0.1) is 10.1 Å². The summed E-state index contributed by atoms with van der Waals surface area (Å²) in [6, 6.07) is 11.4. The van der Waals surface area contributed by atoms with Crippen molar-refractivity contribution in [3.63, 3.8) is 0 Å². The number of aliphatic hydroxyl groups is 1. The van der Waals surface area contributed by atoms with Crippen LogP contribution in [0.5, 0.6) is 5.75 Å². The van der Waals surface area contributed by atoms with Gasteiger partial charge in [0.1, 0.15) is 28.7 Å². The maximum absolute atomic E-state index is 12.4. The second kappa shape index (κ2) is 12.5. The summed E-state index contributed by atoms with van der Waals surface area (Å²) in [5, 5.41) is 21.6. The van der Waals surface area contributed by atoms with E-state index in [-0.39, 0.29) is 47.6 Å². The Hall–Kier alpha value is -3.44. The number of nitro groups is 1. The molecule has 0 radical (unpaired) electrons. The lowest BCUT2D eigenvalue weighted by Crippen LogP contribution is -2.14. The summed E-state index contributed by atoms with van der Waals surface area (Å²) in [5.74, 6) is -0.872. The Morgan fingerprint density at radius 3 is 2.53 bits per heavy atom. The van der Waals surface area contributed by atoms with Gasteiger partial charge in [0.15, 0.2) is 0 Å². The molecule has 36 heavy (non-hydrogen) atoms. The van der Waals surface area contributed by atoms with Gasteiger partial charge in [0.05, 0.1) is 20.9 Å². The Bertz CT molecular complexity index is 1270. The van der Waals surface area contributed by atoms with Gasteiger partial charge in [-0.3, -0.25) is 14.9 Å². The number of amides is 1. The zero-order valence-corrected chi connectivity index (χ0v) is 21.9. The maximum atomic E-state index is 12.4. The van der Waals surface area contributed by atoms with E-state index in [1.165, 1.54) is 12.1 Å². The van der Waals surface area contributed by atoms with Crippen molar-refractivity contribution < 1.29 is 29.1 Å². The van der Waals surface area contributed by atoms with Gasteiger partial charge in [-0.15, -0.1) is 0 Å². The second-order valence-corrected chi connectivity index (χ2v) is 9.40. The van der Waals surface area contributed by atoms with Crippen molar-refractivity contribution >= 4 is 56.4 Å². The first-order valence-corrected chi connectivity index (χ1v) is 12.6. The minimum absolute atomic E-state index is 0.00783. The average molecular weight is 575 g/mol. The lowest BCUT2D eigenvalue weighted by molar-refractivity contribution is -0.384. The largest absolute Gasteiger partial charge is 0.506 e. The normalized spacial score (nSPS) is 15.4. The van der Waals surface area contributed by atoms with Gasteiger partial charge in [0.2, 0.25) is 5.91 Å². The van der Waals surface area contributed by atoms with Crippen molar-refractivity contribution in [3.05, 3.63) is 84.4 Å². The first-order chi connectivity index (χ1) is 17.2. The average Bonchev–Trinajstić information content (AvgIpc) is 3.13. The Balaban J connectivity index is 1.80. The number of nitro benzene ring substituents is 1. The van der Waals surface area contributed by atoms with Crippen LogP contribution in [-0.4, -0.2) is 33.6 Å². The summed E-state index contributed by atoms with van der Waals surface area (Å²) in [4.78, 5) is 39.2. The number of aliphatic imine (C=N–C) groups is 1. The quantitative estimate of drug-likeness (QED) is 0.215. The molecule has 2 aromatic rings. The molecule has 0 saturated heterocycles. The summed E-state index contributed by atoms with van der Waals surface area (Å²) in [6.45, 7) is 3.83. The highest BCUT2D eigenvalue weighted by atomic mass is 79.9. The van der Waals surface area contributed by atoms with Gasteiger partial charge in [0.25, 0.3) is 5.69 Å². The zero-order chi connectivity index (χ0) is 26.2. The minimum atomic E-state index is -0.745.